The molecule has 6 nitrogen and oxygen atoms in total. The van der Waals surface area contributed by atoms with Gasteiger partial charge in [0.1, 0.15) is 5.82 Å². The van der Waals surface area contributed by atoms with Gasteiger partial charge in [0.05, 0.1) is 0 Å². The quantitative estimate of drug-likeness (QED) is 0.780. The second-order valence-corrected chi connectivity index (χ2v) is 7.06. The smallest absolute Gasteiger partial charge is 0.246 e. The fourth-order valence-electron chi connectivity index (χ4n) is 3.07. The molecule has 2 aromatic rings. The number of rotatable bonds is 4. The van der Waals surface area contributed by atoms with E-state index in [2.05, 4.69) is 14.9 Å². The van der Waals surface area contributed by atoms with Gasteiger partial charge in [-0.25, -0.2) is 4.98 Å². The van der Waals surface area contributed by atoms with Gasteiger partial charge in [-0.2, -0.15) is 4.98 Å². The predicted octanol–water partition coefficient (Wildman–Crippen LogP) is 2.52. The number of piperazine rings is 1. The number of benzene rings is 1. The minimum Gasteiger partial charge on any atom is -0.363 e. The van der Waals surface area contributed by atoms with Crippen molar-refractivity contribution in [2.24, 2.45) is 0 Å². The molecule has 1 aliphatic heterocycles. The number of anilines is 2. The van der Waals surface area contributed by atoms with Crippen molar-refractivity contribution in [2.75, 3.05) is 50.1 Å². The molecule has 1 aromatic carbocycles. The standard InChI is InChI=1S/C21H27N5O/c1-16-7-5-6-8-18(16)9-10-20(27)25-11-13-26(14-12-25)21-22-17(2)15-19(23-21)24(3)4/h5-10,15H,11-14H2,1-4H3/b10-9+. The highest BCUT2D eigenvalue weighted by atomic mass is 16.2. The molecule has 27 heavy (non-hydrogen) atoms. The maximum atomic E-state index is 12.5. The normalized spacial score (nSPS) is 14.7. The summed E-state index contributed by atoms with van der Waals surface area (Å²) in [5.74, 6) is 1.69. The highest BCUT2D eigenvalue weighted by molar-refractivity contribution is 5.92. The number of amides is 1. The molecule has 1 fully saturated rings. The van der Waals surface area contributed by atoms with Crippen LogP contribution < -0.4 is 9.80 Å². The van der Waals surface area contributed by atoms with Crippen LogP contribution >= 0.6 is 0 Å². The zero-order valence-corrected chi connectivity index (χ0v) is 16.5. The van der Waals surface area contributed by atoms with Gasteiger partial charge in [0.15, 0.2) is 0 Å². The van der Waals surface area contributed by atoms with Crippen molar-refractivity contribution in [1.29, 1.82) is 0 Å². The first-order valence-electron chi connectivity index (χ1n) is 9.24. The summed E-state index contributed by atoms with van der Waals surface area (Å²) in [5.41, 5.74) is 3.19. The lowest BCUT2D eigenvalue weighted by Gasteiger charge is -2.34. The molecule has 1 aliphatic rings. The molecule has 2 heterocycles. The van der Waals surface area contributed by atoms with E-state index in [0.717, 1.165) is 36.1 Å². The van der Waals surface area contributed by atoms with Crippen LogP contribution in [0.25, 0.3) is 6.08 Å². The SMILES string of the molecule is Cc1cc(N(C)C)nc(N2CCN(C(=O)/C=C/c3ccccc3C)CC2)n1. The minimum atomic E-state index is 0.0528. The Kier molecular flexibility index (Phi) is 5.74. The number of hydrogen-bond acceptors (Lipinski definition) is 5. The highest BCUT2D eigenvalue weighted by Gasteiger charge is 2.22. The lowest BCUT2D eigenvalue weighted by molar-refractivity contribution is -0.126. The summed E-state index contributed by atoms with van der Waals surface area (Å²) in [5, 5.41) is 0. The van der Waals surface area contributed by atoms with Gasteiger partial charge in [-0.1, -0.05) is 24.3 Å². The summed E-state index contributed by atoms with van der Waals surface area (Å²) in [7, 11) is 3.95. The Morgan fingerprint density at radius 2 is 1.78 bits per heavy atom. The molecule has 1 aromatic heterocycles. The van der Waals surface area contributed by atoms with E-state index in [9.17, 15) is 4.79 Å². The summed E-state index contributed by atoms with van der Waals surface area (Å²) in [6.07, 6.45) is 3.57. The maximum Gasteiger partial charge on any atom is 0.246 e. The number of carbonyl (C=O) groups is 1. The van der Waals surface area contributed by atoms with E-state index < -0.39 is 0 Å². The fraction of sp³-hybridized carbons (Fsp3) is 0.381. The van der Waals surface area contributed by atoms with Crippen LogP contribution in [0.1, 0.15) is 16.8 Å². The maximum absolute atomic E-state index is 12.5. The van der Waals surface area contributed by atoms with Gasteiger partial charge in [-0.3, -0.25) is 4.79 Å². The summed E-state index contributed by atoms with van der Waals surface area (Å²) in [6, 6.07) is 10.0. The van der Waals surface area contributed by atoms with Crippen molar-refractivity contribution in [2.45, 2.75) is 13.8 Å². The van der Waals surface area contributed by atoms with Crippen LogP contribution in [0.3, 0.4) is 0 Å². The Bertz CT molecular complexity index is 838. The zero-order chi connectivity index (χ0) is 19.4. The third kappa shape index (κ3) is 4.64. The van der Waals surface area contributed by atoms with Crippen molar-refractivity contribution in [1.82, 2.24) is 14.9 Å². The van der Waals surface area contributed by atoms with Gasteiger partial charge in [-0.05, 0) is 31.1 Å². The molecule has 0 N–H and O–H groups in total. The van der Waals surface area contributed by atoms with E-state index in [-0.39, 0.29) is 5.91 Å². The lowest BCUT2D eigenvalue weighted by Crippen LogP contribution is -2.49. The average molecular weight is 365 g/mol. The van der Waals surface area contributed by atoms with E-state index in [4.69, 9.17) is 0 Å². The molecule has 6 heteroatoms. The van der Waals surface area contributed by atoms with Gasteiger partial charge in [0, 0.05) is 58.1 Å². The van der Waals surface area contributed by atoms with Crippen LogP contribution in [-0.2, 0) is 4.79 Å². The molecule has 0 saturated carbocycles. The van der Waals surface area contributed by atoms with Crippen LogP contribution in [0.5, 0.6) is 0 Å². The van der Waals surface area contributed by atoms with Crippen molar-refractivity contribution >= 4 is 23.7 Å². The van der Waals surface area contributed by atoms with Crippen molar-refractivity contribution in [3.8, 4) is 0 Å². The first kappa shape index (κ1) is 18.9. The molecule has 1 saturated heterocycles. The molecule has 0 atom stereocenters. The average Bonchev–Trinajstić information content (AvgIpc) is 2.66. The second-order valence-electron chi connectivity index (χ2n) is 7.06. The van der Waals surface area contributed by atoms with E-state index in [0.29, 0.717) is 13.1 Å². The zero-order valence-electron chi connectivity index (χ0n) is 16.5. The van der Waals surface area contributed by atoms with Crippen molar-refractivity contribution < 1.29 is 4.79 Å². The first-order valence-corrected chi connectivity index (χ1v) is 9.24. The minimum absolute atomic E-state index is 0.0528. The van der Waals surface area contributed by atoms with E-state index in [1.54, 1.807) is 6.08 Å². The molecule has 0 unspecified atom stereocenters. The Hall–Kier alpha value is -2.89. The third-order valence-corrected chi connectivity index (χ3v) is 4.76. The Balaban J connectivity index is 1.62. The van der Waals surface area contributed by atoms with Gasteiger partial charge in [-0.15, -0.1) is 0 Å². The van der Waals surface area contributed by atoms with Crippen LogP contribution in [0, 0.1) is 13.8 Å². The largest absolute Gasteiger partial charge is 0.363 e. The number of aromatic nitrogens is 2. The molecule has 3 rings (SSSR count). The van der Waals surface area contributed by atoms with Crippen LogP contribution in [-0.4, -0.2) is 61.0 Å². The lowest BCUT2D eigenvalue weighted by atomic mass is 10.1. The molecule has 0 spiro atoms. The second kappa shape index (κ2) is 8.20. The van der Waals surface area contributed by atoms with E-state index >= 15 is 0 Å². The highest BCUT2D eigenvalue weighted by Crippen LogP contribution is 2.17. The van der Waals surface area contributed by atoms with Gasteiger partial charge < -0.3 is 14.7 Å². The molecule has 1 amide bonds. The van der Waals surface area contributed by atoms with Crippen LogP contribution in [0.2, 0.25) is 0 Å². The number of nitrogens with zero attached hydrogens (tertiary/aromatic N) is 5. The number of carbonyl (C=O) groups excluding carboxylic acids is 1. The van der Waals surface area contributed by atoms with Gasteiger partial charge in [0.25, 0.3) is 0 Å². The van der Waals surface area contributed by atoms with Crippen molar-refractivity contribution in [3.63, 3.8) is 0 Å². The molecule has 0 bridgehead atoms. The Labute approximate surface area is 161 Å². The monoisotopic (exact) mass is 365 g/mol. The molecular formula is C21H27N5O. The van der Waals surface area contributed by atoms with E-state index in [1.807, 2.05) is 74.2 Å². The molecule has 142 valence electrons. The summed E-state index contributed by atoms with van der Waals surface area (Å²) < 4.78 is 0. The van der Waals surface area contributed by atoms with Gasteiger partial charge >= 0.3 is 0 Å². The van der Waals surface area contributed by atoms with Crippen molar-refractivity contribution in [3.05, 3.63) is 53.2 Å². The topological polar surface area (TPSA) is 52.6 Å². The Morgan fingerprint density at radius 3 is 2.44 bits per heavy atom. The molecular weight excluding hydrogens is 338 g/mol. The Morgan fingerprint density at radius 1 is 1.07 bits per heavy atom. The van der Waals surface area contributed by atoms with Crippen LogP contribution in [0.15, 0.2) is 36.4 Å². The first-order chi connectivity index (χ1) is 12.9. The molecule has 0 radical (unpaired) electrons. The predicted molar refractivity (Wildman–Crippen MR) is 110 cm³/mol. The summed E-state index contributed by atoms with van der Waals surface area (Å²) in [6.45, 7) is 6.85. The summed E-state index contributed by atoms with van der Waals surface area (Å²) in [4.78, 5) is 27.7. The number of hydrogen-bond donors (Lipinski definition) is 0. The molecule has 0 aliphatic carbocycles. The van der Waals surface area contributed by atoms with Gasteiger partial charge in [0.2, 0.25) is 11.9 Å². The fourth-order valence-corrected chi connectivity index (χ4v) is 3.07. The van der Waals surface area contributed by atoms with Crippen LogP contribution in [0.4, 0.5) is 11.8 Å². The van der Waals surface area contributed by atoms with E-state index in [1.165, 1.54) is 5.56 Å². The third-order valence-electron chi connectivity index (χ3n) is 4.76. The summed E-state index contributed by atoms with van der Waals surface area (Å²) >= 11 is 0. The number of aryl methyl sites for hydroxylation is 2.